The molecule has 0 atom stereocenters. The monoisotopic (exact) mass is 249 g/mol. The average molecular weight is 249 g/mol. The Labute approximate surface area is 105 Å². The van der Waals surface area contributed by atoms with Crippen LogP contribution < -0.4 is 5.73 Å². The molecule has 1 heterocycles. The van der Waals surface area contributed by atoms with Crippen LogP contribution in [0.3, 0.4) is 0 Å². The van der Waals surface area contributed by atoms with Crippen LogP contribution in [-0.2, 0) is 18.1 Å². The van der Waals surface area contributed by atoms with Gasteiger partial charge in [-0.3, -0.25) is 0 Å². The summed E-state index contributed by atoms with van der Waals surface area (Å²) in [6, 6.07) is 8.38. The van der Waals surface area contributed by atoms with Gasteiger partial charge in [-0.05, 0) is 18.1 Å². The van der Waals surface area contributed by atoms with E-state index < -0.39 is 0 Å². The van der Waals surface area contributed by atoms with Gasteiger partial charge in [0.1, 0.15) is 0 Å². The minimum Gasteiger partial charge on any atom is -0.338 e. The molecule has 0 unspecified atom stereocenters. The van der Waals surface area contributed by atoms with Crippen LogP contribution in [0.15, 0.2) is 28.8 Å². The van der Waals surface area contributed by atoms with Gasteiger partial charge in [-0.15, -0.1) is 11.8 Å². The predicted octanol–water partition coefficient (Wildman–Crippen LogP) is 2.27. The first-order chi connectivity index (χ1) is 8.29. The zero-order valence-corrected chi connectivity index (χ0v) is 10.5. The van der Waals surface area contributed by atoms with Gasteiger partial charge in [0, 0.05) is 5.75 Å². The molecule has 2 rings (SSSR count). The van der Waals surface area contributed by atoms with Gasteiger partial charge in [-0.1, -0.05) is 29.4 Å². The van der Waals surface area contributed by atoms with Crippen LogP contribution in [0.2, 0.25) is 0 Å². The normalized spacial score (nSPS) is 10.7. The van der Waals surface area contributed by atoms with Crippen LogP contribution in [0.25, 0.3) is 0 Å². The van der Waals surface area contributed by atoms with Crippen molar-refractivity contribution in [3.8, 4) is 0 Å². The number of hydrogen-bond donors (Lipinski definition) is 1. The standard InChI is InChI=1S/C12H15N3OS/c1-9-4-2-3-5-10(9)7-17-8-11-14-12(6-13)16-15-11/h2-5H,6-8,13H2,1H3. The number of benzene rings is 1. The Bertz CT molecular complexity index is 484. The summed E-state index contributed by atoms with van der Waals surface area (Å²) < 4.78 is 4.94. The van der Waals surface area contributed by atoms with Gasteiger partial charge in [0.2, 0.25) is 5.89 Å². The third-order valence-electron chi connectivity index (χ3n) is 2.43. The number of aryl methyl sites for hydroxylation is 1. The highest BCUT2D eigenvalue weighted by Crippen LogP contribution is 2.18. The quantitative estimate of drug-likeness (QED) is 0.880. The van der Waals surface area contributed by atoms with E-state index in [1.807, 2.05) is 0 Å². The molecule has 2 aromatic rings. The number of rotatable bonds is 5. The van der Waals surface area contributed by atoms with Crippen LogP contribution in [-0.4, -0.2) is 10.1 Å². The molecule has 0 spiro atoms. The maximum atomic E-state index is 5.40. The number of thioether (sulfide) groups is 1. The molecule has 4 nitrogen and oxygen atoms in total. The topological polar surface area (TPSA) is 64.9 Å². The lowest BCUT2D eigenvalue weighted by Crippen LogP contribution is -1.96. The van der Waals surface area contributed by atoms with E-state index in [-0.39, 0.29) is 0 Å². The molecular formula is C12H15N3OS. The second-order valence-corrected chi connectivity index (χ2v) is 4.71. The van der Waals surface area contributed by atoms with E-state index in [2.05, 4.69) is 41.3 Å². The molecule has 5 heteroatoms. The number of nitrogens with two attached hydrogens (primary N) is 1. The van der Waals surface area contributed by atoms with Crippen molar-refractivity contribution in [2.24, 2.45) is 5.73 Å². The molecule has 0 bridgehead atoms. The number of hydrogen-bond acceptors (Lipinski definition) is 5. The average Bonchev–Trinajstić information content (AvgIpc) is 2.80. The smallest absolute Gasteiger partial charge is 0.240 e. The fourth-order valence-corrected chi connectivity index (χ4v) is 2.40. The molecule has 0 saturated carbocycles. The van der Waals surface area contributed by atoms with Crippen molar-refractivity contribution in [1.29, 1.82) is 0 Å². The molecule has 0 radical (unpaired) electrons. The Kier molecular flexibility index (Phi) is 4.17. The molecule has 90 valence electrons. The van der Waals surface area contributed by atoms with Gasteiger partial charge in [-0.2, -0.15) is 4.98 Å². The van der Waals surface area contributed by atoms with Crippen molar-refractivity contribution >= 4 is 11.8 Å². The molecule has 0 amide bonds. The Morgan fingerprint density at radius 1 is 1.29 bits per heavy atom. The van der Waals surface area contributed by atoms with Crippen molar-refractivity contribution < 1.29 is 4.52 Å². The molecule has 0 aliphatic carbocycles. The van der Waals surface area contributed by atoms with Crippen LogP contribution >= 0.6 is 11.8 Å². The summed E-state index contributed by atoms with van der Waals surface area (Å²) in [6.45, 7) is 2.42. The second kappa shape index (κ2) is 5.84. The van der Waals surface area contributed by atoms with Gasteiger partial charge >= 0.3 is 0 Å². The Morgan fingerprint density at radius 2 is 2.12 bits per heavy atom. The predicted molar refractivity (Wildman–Crippen MR) is 68.4 cm³/mol. The van der Waals surface area contributed by atoms with Crippen LogP contribution in [0.5, 0.6) is 0 Å². The lowest BCUT2D eigenvalue weighted by Gasteiger charge is -2.03. The summed E-state index contributed by atoms with van der Waals surface area (Å²) in [5.74, 6) is 2.91. The van der Waals surface area contributed by atoms with Gasteiger partial charge in [0.15, 0.2) is 5.82 Å². The summed E-state index contributed by atoms with van der Waals surface area (Å²) in [4.78, 5) is 4.16. The van der Waals surface area contributed by atoms with Crippen LogP contribution in [0.1, 0.15) is 22.8 Å². The summed E-state index contributed by atoms with van der Waals surface area (Å²) in [5.41, 5.74) is 8.06. The maximum Gasteiger partial charge on any atom is 0.240 e. The fourth-order valence-electron chi connectivity index (χ4n) is 1.46. The minimum absolute atomic E-state index is 0.301. The highest BCUT2D eigenvalue weighted by atomic mass is 32.2. The van der Waals surface area contributed by atoms with E-state index in [9.17, 15) is 0 Å². The zero-order valence-electron chi connectivity index (χ0n) is 9.72. The van der Waals surface area contributed by atoms with E-state index in [1.165, 1.54) is 11.1 Å². The van der Waals surface area contributed by atoms with Crippen LogP contribution in [0, 0.1) is 6.92 Å². The molecule has 2 N–H and O–H groups in total. The second-order valence-electron chi connectivity index (χ2n) is 3.73. The van der Waals surface area contributed by atoms with Crippen molar-refractivity contribution in [2.75, 3.05) is 0 Å². The van der Waals surface area contributed by atoms with Crippen LogP contribution in [0.4, 0.5) is 0 Å². The molecule has 1 aromatic carbocycles. The van der Waals surface area contributed by atoms with Crippen molar-refractivity contribution in [3.63, 3.8) is 0 Å². The SMILES string of the molecule is Cc1ccccc1CSCc1noc(CN)n1. The van der Waals surface area contributed by atoms with E-state index in [0.29, 0.717) is 18.3 Å². The van der Waals surface area contributed by atoms with Gasteiger partial charge in [0.05, 0.1) is 12.3 Å². The lowest BCUT2D eigenvalue weighted by molar-refractivity contribution is 0.376. The van der Waals surface area contributed by atoms with Gasteiger partial charge in [0.25, 0.3) is 0 Å². The highest BCUT2D eigenvalue weighted by molar-refractivity contribution is 7.97. The lowest BCUT2D eigenvalue weighted by atomic mass is 10.1. The fraction of sp³-hybridized carbons (Fsp3) is 0.333. The van der Waals surface area contributed by atoms with E-state index in [1.54, 1.807) is 11.8 Å². The largest absolute Gasteiger partial charge is 0.338 e. The van der Waals surface area contributed by atoms with E-state index in [0.717, 1.165) is 11.5 Å². The Hall–Kier alpha value is -1.33. The maximum absolute atomic E-state index is 5.40. The summed E-state index contributed by atoms with van der Waals surface area (Å²) >= 11 is 1.77. The van der Waals surface area contributed by atoms with Gasteiger partial charge < -0.3 is 10.3 Å². The van der Waals surface area contributed by atoms with E-state index in [4.69, 9.17) is 10.3 Å². The first-order valence-corrected chi connectivity index (χ1v) is 6.59. The molecule has 0 aliphatic rings. The zero-order chi connectivity index (χ0) is 12.1. The first-order valence-electron chi connectivity index (χ1n) is 5.43. The Balaban J connectivity index is 1.85. The molecule has 0 fully saturated rings. The number of nitrogens with zero attached hydrogens (tertiary/aromatic N) is 2. The summed E-state index contributed by atoms with van der Waals surface area (Å²) in [6.07, 6.45) is 0. The molecule has 17 heavy (non-hydrogen) atoms. The highest BCUT2D eigenvalue weighted by Gasteiger charge is 2.05. The Morgan fingerprint density at radius 3 is 2.82 bits per heavy atom. The van der Waals surface area contributed by atoms with Crippen molar-refractivity contribution in [3.05, 3.63) is 47.1 Å². The molecule has 0 saturated heterocycles. The minimum atomic E-state index is 0.301. The summed E-state index contributed by atoms with van der Waals surface area (Å²) in [7, 11) is 0. The summed E-state index contributed by atoms with van der Waals surface area (Å²) in [5, 5.41) is 3.85. The third kappa shape index (κ3) is 3.31. The number of aromatic nitrogens is 2. The van der Waals surface area contributed by atoms with Crippen molar-refractivity contribution in [2.45, 2.75) is 25.0 Å². The molecular weight excluding hydrogens is 234 g/mol. The van der Waals surface area contributed by atoms with Crippen molar-refractivity contribution in [1.82, 2.24) is 10.1 Å². The molecule has 0 aliphatic heterocycles. The first kappa shape index (κ1) is 12.1. The van der Waals surface area contributed by atoms with E-state index >= 15 is 0 Å². The molecule has 1 aromatic heterocycles. The van der Waals surface area contributed by atoms with Gasteiger partial charge in [-0.25, -0.2) is 0 Å². The third-order valence-corrected chi connectivity index (χ3v) is 3.41.